The van der Waals surface area contributed by atoms with Crippen molar-refractivity contribution in [3.8, 4) is 145 Å². The minimum absolute atomic E-state index is 0.484. The number of pyridine rings is 10. The summed E-state index contributed by atoms with van der Waals surface area (Å²) in [4.78, 5) is 23.1. The molecular formula is C124H129N10+5. The van der Waals surface area contributed by atoms with Gasteiger partial charge in [0.15, 0.2) is 31.0 Å². The summed E-state index contributed by atoms with van der Waals surface area (Å²) >= 11 is 0. The Hall–Kier alpha value is -14.7. The number of hydrogen-bond donors (Lipinski definition) is 0. The summed E-state index contributed by atoms with van der Waals surface area (Å²) in [6.07, 6.45) is 18.2. The predicted octanol–water partition coefficient (Wildman–Crippen LogP) is 28.1. The molecule has 0 aliphatic rings. The third kappa shape index (κ3) is 21.1. The second-order valence-corrected chi connectivity index (χ2v) is 36.5. The number of aromatic nitrogens is 10. The molecular weight excluding hydrogens is 1630 g/mol. The molecule has 0 unspecified atom stereocenters. The van der Waals surface area contributed by atoms with E-state index in [2.05, 4.69) is 520 Å². The molecule has 10 heterocycles. The smallest absolute Gasteiger partial charge is 0.214 e. The van der Waals surface area contributed by atoms with Crippen molar-refractivity contribution in [3.63, 3.8) is 0 Å². The van der Waals surface area contributed by atoms with Crippen LogP contribution in [0.2, 0.25) is 0 Å². The number of aryl methyl sites for hydroxylation is 20. The fourth-order valence-electron chi connectivity index (χ4n) is 19.2. The van der Waals surface area contributed by atoms with Crippen LogP contribution in [0, 0.1) is 104 Å². The zero-order valence-electron chi connectivity index (χ0n) is 82.9. The average Bonchev–Trinajstić information content (AvgIpc) is 0.773. The van der Waals surface area contributed by atoms with E-state index in [-0.39, 0.29) is 0 Å². The first-order valence-electron chi connectivity index (χ1n) is 46.8. The first-order valence-corrected chi connectivity index (χ1v) is 46.8. The summed E-state index contributed by atoms with van der Waals surface area (Å²) in [6.45, 7) is 41.2. The third-order valence-corrected chi connectivity index (χ3v) is 26.1. The second kappa shape index (κ2) is 42.6. The zero-order chi connectivity index (χ0) is 95.3. The normalized spacial score (nSPS) is 11.0. The molecule has 0 aliphatic carbocycles. The molecule has 0 radical (unpaired) electrons. The van der Waals surface area contributed by atoms with Gasteiger partial charge in [0, 0.05) is 91.0 Å². The van der Waals surface area contributed by atoms with Gasteiger partial charge < -0.3 is 0 Å². The van der Waals surface area contributed by atoms with Crippen LogP contribution < -0.4 is 22.8 Å². The molecule has 134 heavy (non-hydrogen) atoms. The van der Waals surface area contributed by atoms with Crippen molar-refractivity contribution in [3.05, 3.63) is 430 Å². The Kier molecular flexibility index (Phi) is 30.3. The van der Waals surface area contributed by atoms with Crippen molar-refractivity contribution in [2.24, 2.45) is 35.2 Å². The van der Waals surface area contributed by atoms with Gasteiger partial charge in [0.2, 0.25) is 28.5 Å². The lowest BCUT2D eigenvalue weighted by atomic mass is 9.85. The van der Waals surface area contributed by atoms with E-state index in [9.17, 15) is 0 Å². The van der Waals surface area contributed by atoms with Gasteiger partial charge in [0.05, 0.1) is 62.0 Å². The quantitative estimate of drug-likeness (QED) is 0.0955. The minimum Gasteiger partial charge on any atom is -0.261 e. The first-order chi connectivity index (χ1) is 64.5. The molecule has 0 saturated carbocycles. The maximum atomic E-state index is 5.06. The van der Waals surface area contributed by atoms with Crippen LogP contribution in [-0.4, -0.2) is 24.9 Å². The Bertz CT molecular complexity index is 6910. The Labute approximate surface area is 796 Å². The van der Waals surface area contributed by atoms with Crippen LogP contribution in [0.3, 0.4) is 0 Å². The molecule has 0 spiro atoms. The van der Waals surface area contributed by atoms with E-state index in [4.69, 9.17) is 4.98 Å². The maximum absolute atomic E-state index is 5.06. The molecule has 10 heteroatoms. The van der Waals surface area contributed by atoms with Gasteiger partial charge in [0.1, 0.15) is 35.2 Å². The molecule has 18 rings (SSSR count). The Morgan fingerprint density at radius 1 is 0.194 bits per heavy atom. The van der Waals surface area contributed by atoms with E-state index >= 15 is 0 Å². The highest BCUT2D eigenvalue weighted by Gasteiger charge is 2.27. The number of nitrogens with zero attached hydrogens (tertiary/aromatic N) is 10. The van der Waals surface area contributed by atoms with Gasteiger partial charge in [-0.15, -0.1) is 0 Å². The molecule has 10 aromatic heterocycles. The summed E-state index contributed by atoms with van der Waals surface area (Å²) in [5.74, 6) is 0.968. The van der Waals surface area contributed by atoms with Gasteiger partial charge in [-0.05, 0) is 297 Å². The van der Waals surface area contributed by atoms with Gasteiger partial charge in [0.25, 0.3) is 0 Å². The molecule has 18 aromatic rings. The molecule has 0 fully saturated rings. The van der Waals surface area contributed by atoms with Crippen molar-refractivity contribution in [2.45, 2.75) is 143 Å². The fourth-order valence-corrected chi connectivity index (χ4v) is 19.2. The topological polar surface area (TPSA) is 83.8 Å². The standard InChI is InChI=1S/C31H27N2.C26H25N2.C25H31N2.2C21H23N2/c1-22-17-19-32-23(2)30(22)29-21-26(18-20-33(29)3)31-27(24-11-6-4-7-12-24)15-10-16-28(31)25-13-8-5-9-14-25;1-18-11-10-14-22(21-12-6-5-7-13-21)26(18)23-17-19(2)25(20(3)27-23)24-15-8-9-16-28(24)4;1-16(2)21-9-8-10-22(17(3)4)25(21)20-12-14-27(7)23(15-20)24-18(5)11-13-26-19(24)6;2*1-14-7-6-8-15(2)20(14)18-10-12-23(5)19(13-18)21-16(3)9-11-22-17(21)4/h4-21H,1-3H3;5-17H,1-4H3;8-17H,1-7H3;2*6-13H,1-5H3/q5*+1. The molecule has 670 valence electrons. The summed E-state index contributed by atoms with van der Waals surface area (Å²) in [7, 11) is 10.5. The van der Waals surface area contributed by atoms with Crippen LogP contribution in [0.1, 0.15) is 135 Å². The average molecular weight is 1760 g/mol. The Balaban J connectivity index is 0.000000135. The van der Waals surface area contributed by atoms with Crippen molar-refractivity contribution < 1.29 is 22.8 Å². The van der Waals surface area contributed by atoms with Crippen LogP contribution >= 0.6 is 0 Å². The van der Waals surface area contributed by atoms with E-state index < -0.39 is 0 Å². The molecule has 0 amide bonds. The minimum atomic E-state index is 0.484. The van der Waals surface area contributed by atoms with E-state index in [0.717, 1.165) is 39.9 Å². The molecule has 0 saturated heterocycles. The van der Waals surface area contributed by atoms with Gasteiger partial charge >= 0.3 is 0 Å². The van der Waals surface area contributed by atoms with E-state index in [0.29, 0.717) is 11.8 Å². The second-order valence-electron chi connectivity index (χ2n) is 36.5. The van der Waals surface area contributed by atoms with Crippen LogP contribution in [0.15, 0.2) is 335 Å². The van der Waals surface area contributed by atoms with E-state index in [1.54, 1.807) is 0 Å². The summed E-state index contributed by atoms with van der Waals surface area (Å²) in [5, 5.41) is 0. The molecule has 0 atom stereocenters. The first kappa shape index (κ1) is 95.3. The van der Waals surface area contributed by atoms with Gasteiger partial charge in [-0.1, -0.05) is 210 Å². The van der Waals surface area contributed by atoms with Crippen molar-refractivity contribution >= 4 is 0 Å². The monoisotopic (exact) mass is 1760 g/mol. The number of hydrogen-bond acceptors (Lipinski definition) is 5. The van der Waals surface area contributed by atoms with Crippen LogP contribution in [0.25, 0.3) is 145 Å². The van der Waals surface area contributed by atoms with Gasteiger partial charge in [-0.3, -0.25) is 24.9 Å². The highest BCUT2D eigenvalue weighted by Crippen LogP contribution is 2.44. The van der Waals surface area contributed by atoms with Gasteiger partial charge in [-0.25, -0.2) is 22.8 Å². The zero-order valence-corrected chi connectivity index (χ0v) is 82.9. The summed E-state index contributed by atoms with van der Waals surface area (Å²) in [6, 6.07) is 99.6. The Morgan fingerprint density at radius 2 is 0.463 bits per heavy atom. The Morgan fingerprint density at radius 3 is 0.784 bits per heavy atom. The maximum Gasteiger partial charge on any atom is 0.214 e. The predicted molar refractivity (Wildman–Crippen MR) is 557 cm³/mol. The third-order valence-electron chi connectivity index (χ3n) is 26.1. The van der Waals surface area contributed by atoms with Crippen LogP contribution in [-0.2, 0) is 35.2 Å². The summed E-state index contributed by atoms with van der Waals surface area (Å²) < 4.78 is 10.9. The lowest BCUT2D eigenvalue weighted by Crippen LogP contribution is -2.31. The number of rotatable bonds is 15. The van der Waals surface area contributed by atoms with E-state index in [1.165, 1.54) is 201 Å². The highest BCUT2D eigenvalue weighted by atomic mass is 14.9. The largest absolute Gasteiger partial charge is 0.261 e. The van der Waals surface area contributed by atoms with Crippen molar-refractivity contribution in [1.82, 2.24) is 24.9 Å². The lowest BCUT2D eigenvalue weighted by molar-refractivity contribution is -0.660. The molecule has 0 aliphatic heterocycles. The van der Waals surface area contributed by atoms with Crippen molar-refractivity contribution in [1.29, 1.82) is 0 Å². The molecule has 10 nitrogen and oxygen atoms in total. The number of benzene rings is 8. The summed E-state index contributed by atoms with van der Waals surface area (Å²) in [5.41, 5.74) is 52.8. The highest BCUT2D eigenvalue weighted by molar-refractivity contribution is 5.95. The lowest BCUT2D eigenvalue weighted by Gasteiger charge is -2.20. The van der Waals surface area contributed by atoms with Gasteiger partial charge in [-0.2, -0.15) is 0 Å². The van der Waals surface area contributed by atoms with E-state index in [1.807, 2.05) is 24.8 Å². The SMILES string of the molecule is Cc1cccc(-c2ccccc2)c1-c1cc(C)c(-c2cccc[n+]2C)c(C)n1.Cc1cccc(C)c1-c1cc[n+](C)c(-c2c(C)ccnc2C)c1.Cc1cccc(C)c1-c1cc[n+](C)c(-c2c(C)ccnc2C)c1.Cc1ccnc(C)c1-c1cc(-c2c(-c3ccccc3)cccc2-c2ccccc2)cc[n+]1C.Cc1ccnc(C)c1-c1cc(-c2c(C(C)C)cccc2C(C)C)cc[n+]1C. The van der Waals surface area contributed by atoms with Crippen LogP contribution in [0.4, 0.5) is 0 Å². The van der Waals surface area contributed by atoms with Crippen LogP contribution in [0.5, 0.6) is 0 Å². The molecule has 8 aromatic carbocycles. The fraction of sp³-hybridized carbons (Fsp3) is 0.210. The van der Waals surface area contributed by atoms with Crippen molar-refractivity contribution in [2.75, 3.05) is 0 Å². The molecule has 0 bridgehead atoms. The molecule has 0 N–H and O–H groups in total.